The Morgan fingerprint density at radius 2 is 1.68 bits per heavy atom. The quantitative estimate of drug-likeness (QED) is 0.324. The van der Waals surface area contributed by atoms with Crippen LogP contribution in [0.1, 0.15) is 35.7 Å². The van der Waals surface area contributed by atoms with Crippen LogP contribution < -0.4 is 4.90 Å². The lowest BCUT2D eigenvalue weighted by atomic mass is 9.85. The molecule has 0 spiro atoms. The number of benzene rings is 2. The molecule has 2 aromatic carbocycles. The number of hydrogen-bond acceptors (Lipinski definition) is 6. The summed E-state index contributed by atoms with van der Waals surface area (Å²) < 4.78 is 115. The number of ether oxygens (including phenoxy) is 1. The zero-order chi connectivity index (χ0) is 28.0. The second-order valence-corrected chi connectivity index (χ2v) is 8.70. The maximum absolute atomic E-state index is 15.3. The van der Waals surface area contributed by atoms with E-state index in [1.165, 1.54) is 19.2 Å². The van der Waals surface area contributed by atoms with E-state index < -0.39 is 70.6 Å². The van der Waals surface area contributed by atoms with E-state index in [1.807, 2.05) is 0 Å². The molecule has 7 nitrogen and oxygen atoms in total. The average molecular weight is 549 g/mol. The summed E-state index contributed by atoms with van der Waals surface area (Å²) in [6.07, 6.45) is -10.00. The van der Waals surface area contributed by atoms with E-state index >= 15 is 4.39 Å². The Labute approximate surface area is 210 Å². The highest BCUT2D eigenvalue weighted by Gasteiger charge is 2.46. The van der Waals surface area contributed by atoms with E-state index in [9.17, 15) is 35.5 Å². The van der Waals surface area contributed by atoms with Crippen LogP contribution in [-0.2, 0) is 21.9 Å². The SMILES string of the molecule is COC(=O)[C@H]1CC[C@H](N(C)c2cc(-n3nnnc3C(F)(F)F)cc(C(F)(F)F)c2F)[C@@H]1c1ccc(F)cc1. The van der Waals surface area contributed by atoms with Gasteiger partial charge >= 0.3 is 18.3 Å². The number of methoxy groups -OCH3 is 1. The first-order valence-corrected chi connectivity index (χ1v) is 11.1. The van der Waals surface area contributed by atoms with Gasteiger partial charge in [-0.15, -0.1) is 5.10 Å². The lowest BCUT2D eigenvalue weighted by Crippen LogP contribution is -2.37. The average Bonchev–Trinajstić information content (AvgIpc) is 3.51. The van der Waals surface area contributed by atoms with Crippen LogP contribution in [0.4, 0.5) is 40.8 Å². The molecule has 1 aromatic heterocycles. The maximum Gasteiger partial charge on any atom is 0.453 e. The minimum absolute atomic E-state index is 0.0371. The van der Waals surface area contributed by atoms with Gasteiger partial charge in [-0.3, -0.25) is 4.79 Å². The van der Waals surface area contributed by atoms with Crippen LogP contribution in [-0.4, -0.2) is 46.4 Å². The van der Waals surface area contributed by atoms with Crippen molar-refractivity contribution in [2.45, 2.75) is 37.2 Å². The molecule has 38 heavy (non-hydrogen) atoms. The molecule has 0 amide bonds. The zero-order valence-electron chi connectivity index (χ0n) is 19.7. The van der Waals surface area contributed by atoms with Crippen molar-refractivity contribution < 1.29 is 44.7 Å². The third kappa shape index (κ3) is 5.00. The van der Waals surface area contributed by atoms with E-state index in [0.29, 0.717) is 5.56 Å². The van der Waals surface area contributed by atoms with Crippen molar-refractivity contribution in [3.05, 3.63) is 65.0 Å². The molecule has 1 fully saturated rings. The molecular formula is C23H19F8N5O2. The van der Waals surface area contributed by atoms with Crippen molar-refractivity contribution in [2.75, 3.05) is 19.1 Å². The molecule has 0 aliphatic heterocycles. The molecule has 1 heterocycles. The minimum Gasteiger partial charge on any atom is -0.469 e. The van der Waals surface area contributed by atoms with E-state index in [2.05, 4.69) is 15.5 Å². The van der Waals surface area contributed by atoms with Crippen molar-refractivity contribution >= 4 is 11.7 Å². The number of tetrazole rings is 1. The van der Waals surface area contributed by atoms with Crippen molar-refractivity contribution in [1.82, 2.24) is 20.2 Å². The van der Waals surface area contributed by atoms with Crippen LogP contribution >= 0.6 is 0 Å². The number of nitrogens with zero attached hydrogens (tertiary/aromatic N) is 5. The summed E-state index contributed by atoms with van der Waals surface area (Å²) in [7, 11) is 2.41. The van der Waals surface area contributed by atoms with Crippen LogP contribution in [0, 0.1) is 17.6 Å². The Morgan fingerprint density at radius 1 is 1.03 bits per heavy atom. The summed E-state index contributed by atoms with van der Waals surface area (Å²) in [4.78, 5) is 13.6. The normalized spacial score (nSPS) is 20.0. The smallest absolute Gasteiger partial charge is 0.453 e. The fourth-order valence-electron chi connectivity index (χ4n) is 4.86. The number of aromatic nitrogens is 4. The molecule has 15 heteroatoms. The van der Waals surface area contributed by atoms with Crippen molar-refractivity contribution in [3.8, 4) is 5.69 Å². The van der Waals surface area contributed by atoms with E-state index in [4.69, 9.17) is 4.74 Å². The summed E-state index contributed by atoms with van der Waals surface area (Å²) in [6, 6.07) is 5.20. The Morgan fingerprint density at radius 3 is 2.26 bits per heavy atom. The lowest BCUT2D eigenvalue weighted by molar-refractivity contribution is -0.147. The third-order valence-corrected chi connectivity index (χ3v) is 6.57. The number of hydrogen-bond donors (Lipinski definition) is 0. The first-order valence-electron chi connectivity index (χ1n) is 11.1. The zero-order valence-corrected chi connectivity index (χ0v) is 19.7. The van der Waals surface area contributed by atoms with Crippen LogP contribution in [0.25, 0.3) is 5.69 Å². The van der Waals surface area contributed by atoms with Gasteiger partial charge in [0.2, 0.25) is 0 Å². The Kier molecular flexibility index (Phi) is 7.05. The maximum atomic E-state index is 15.3. The summed E-state index contributed by atoms with van der Waals surface area (Å²) in [5.74, 6) is -6.18. The predicted molar refractivity (Wildman–Crippen MR) is 115 cm³/mol. The lowest BCUT2D eigenvalue weighted by Gasteiger charge is -2.34. The molecule has 204 valence electrons. The van der Waals surface area contributed by atoms with Gasteiger partial charge in [0, 0.05) is 19.0 Å². The highest BCUT2D eigenvalue weighted by Crippen LogP contribution is 2.46. The van der Waals surface area contributed by atoms with Gasteiger partial charge in [0.1, 0.15) is 5.82 Å². The molecule has 1 aliphatic rings. The third-order valence-electron chi connectivity index (χ3n) is 6.57. The standard InChI is InChI=1S/C23H19F8N5O2/c1-35(16-8-7-14(20(37)38-2)18(16)11-3-5-12(24)6-4-11)17-10-13(9-15(19(17)25)22(26,27)28)36-21(23(29,30)31)32-33-34-36/h3-6,9-10,14,16,18H,7-8H2,1-2H3/t14-,16-,18+/m0/s1. The summed E-state index contributed by atoms with van der Waals surface area (Å²) in [5.41, 5.74) is -2.86. The van der Waals surface area contributed by atoms with Gasteiger partial charge in [-0.05, 0) is 53.1 Å². The monoisotopic (exact) mass is 549 g/mol. The number of rotatable bonds is 5. The fourth-order valence-corrected chi connectivity index (χ4v) is 4.86. The molecule has 4 rings (SSSR count). The highest BCUT2D eigenvalue weighted by molar-refractivity contribution is 5.75. The highest BCUT2D eigenvalue weighted by atomic mass is 19.4. The van der Waals surface area contributed by atoms with E-state index in [-0.39, 0.29) is 23.6 Å². The molecule has 0 N–H and O–H groups in total. The van der Waals surface area contributed by atoms with Crippen LogP contribution in [0.3, 0.4) is 0 Å². The second-order valence-electron chi connectivity index (χ2n) is 8.70. The predicted octanol–water partition coefficient (Wildman–Crippen LogP) is 5.15. The summed E-state index contributed by atoms with van der Waals surface area (Å²) >= 11 is 0. The van der Waals surface area contributed by atoms with Gasteiger partial charge in [0.15, 0.2) is 5.82 Å². The number of halogens is 8. The molecule has 0 radical (unpaired) electrons. The van der Waals surface area contributed by atoms with Gasteiger partial charge in [0.25, 0.3) is 5.82 Å². The molecule has 0 bridgehead atoms. The van der Waals surface area contributed by atoms with Crippen molar-refractivity contribution in [2.24, 2.45) is 5.92 Å². The topological polar surface area (TPSA) is 73.1 Å². The Balaban J connectivity index is 1.86. The van der Waals surface area contributed by atoms with Crippen LogP contribution in [0.2, 0.25) is 0 Å². The number of likely N-dealkylation sites (N-methyl/N-ethyl adjacent to an activating group) is 1. The fraction of sp³-hybridized carbons (Fsp3) is 0.391. The first-order chi connectivity index (χ1) is 17.7. The van der Waals surface area contributed by atoms with Gasteiger partial charge < -0.3 is 9.64 Å². The summed E-state index contributed by atoms with van der Waals surface area (Å²) in [5, 5.41) is 8.89. The van der Waals surface area contributed by atoms with Gasteiger partial charge in [-0.2, -0.15) is 31.0 Å². The molecule has 3 atom stereocenters. The van der Waals surface area contributed by atoms with Gasteiger partial charge in [-0.1, -0.05) is 12.1 Å². The Bertz CT molecular complexity index is 1320. The Hall–Kier alpha value is -3.78. The number of esters is 1. The van der Waals surface area contributed by atoms with Crippen LogP contribution in [0.15, 0.2) is 36.4 Å². The number of anilines is 1. The first kappa shape index (κ1) is 27.3. The molecule has 1 saturated carbocycles. The second kappa shape index (κ2) is 9.83. The minimum atomic E-state index is -5.28. The number of alkyl halides is 6. The van der Waals surface area contributed by atoms with Crippen LogP contribution in [0.5, 0.6) is 0 Å². The molecule has 0 saturated heterocycles. The molecule has 1 aliphatic carbocycles. The van der Waals surface area contributed by atoms with Gasteiger partial charge in [0.05, 0.1) is 30.0 Å². The number of carbonyl (C=O) groups excluding carboxylic acids is 1. The molecular weight excluding hydrogens is 530 g/mol. The largest absolute Gasteiger partial charge is 0.469 e. The van der Waals surface area contributed by atoms with Gasteiger partial charge in [-0.25, -0.2) is 8.78 Å². The summed E-state index contributed by atoms with van der Waals surface area (Å²) in [6.45, 7) is 0. The van der Waals surface area contributed by atoms with Crippen molar-refractivity contribution in [3.63, 3.8) is 0 Å². The molecule has 3 aromatic rings. The van der Waals surface area contributed by atoms with E-state index in [1.54, 1.807) is 0 Å². The number of carbonyl (C=O) groups is 1. The van der Waals surface area contributed by atoms with Crippen molar-refractivity contribution in [1.29, 1.82) is 0 Å². The van der Waals surface area contributed by atoms with E-state index in [0.717, 1.165) is 30.2 Å². The molecule has 0 unspecified atom stereocenters.